The van der Waals surface area contributed by atoms with E-state index < -0.39 is 0 Å². The van der Waals surface area contributed by atoms with Crippen LogP contribution in [0.15, 0.2) is 70.4 Å². The minimum absolute atomic E-state index is 0.0246. The molecule has 1 amide bonds. The lowest BCUT2D eigenvalue weighted by Gasteiger charge is -2.11. The van der Waals surface area contributed by atoms with Crippen LogP contribution in [0.3, 0.4) is 0 Å². The van der Waals surface area contributed by atoms with Crippen LogP contribution in [0.5, 0.6) is 0 Å². The van der Waals surface area contributed by atoms with E-state index in [1.165, 1.54) is 11.8 Å². The van der Waals surface area contributed by atoms with Crippen molar-refractivity contribution in [1.82, 2.24) is 14.8 Å². The highest BCUT2D eigenvalue weighted by Gasteiger charge is 2.25. The normalized spacial score (nSPS) is 12.9. The minimum atomic E-state index is -0.0246. The van der Waals surface area contributed by atoms with Gasteiger partial charge in [-0.05, 0) is 48.9 Å². The third-order valence-corrected chi connectivity index (χ3v) is 6.49. The Morgan fingerprint density at radius 2 is 1.94 bits per heavy atom. The Balaban J connectivity index is 1.42. The molecule has 2 aromatic heterocycles. The van der Waals surface area contributed by atoms with Crippen LogP contribution in [0.2, 0.25) is 0 Å². The highest BCUT2D eigenvalue weighted by molar-refractivity contribution is 7.99. The molecule has 0 aliphatic carbocycles. The van der Waals surface area contributed by atoms with Crippen LogP contribution >= 0.6 is 11.8 Å². The summed E-state index contributed by atoms with van der Waals surface area (Å²) in [5.74, 6) is 1.63. The van der Waals surface area contributed by atoms with Gasteiger partial charge in [0, 0.05) is 24.0 Å². The number of furan rings is 1. The zero-order chi connectivity index (χ0) is 22.2. The van der Waals surface area contributed by atoms with Crippen molar-refractivity contribution in [2.75, 3.05) is 17.7 Å². The Morgan fingerprint density at radius 3 is 2.69 bits per heavy atom. The maximum atomic E-state index is 12.9. The Labute approximate surface area is 189 Å². The molecule has 0 spiro atoms. The number of amides is 1. The Bertz CT molecular complexity index is 1330. The summed E-state index contributed by atoms with van der Waals surface area (Å²) in [7, 11) is 1.75. The number of aromatic nitrogens is 3. The molecule has 0 radical (unpaired) electrons. The first kappa shape index (κ1) is 20.3. The molecule has 2 aromatic carbocycles. The molecule has 0 unspecified atom stereocenters. The minimum Gasteiger partial charge on any atom is -0.469 e. The van der Waals surface area contributed by atoms with Gasteiger partial charge in [0.05, 0.1) is 24.0 Å². The van der Waals surface area contributed by atoms with Gasteiger partial charge < -0.3 is 9.32 Å². The summed E-state index contributed by atoms with van der Waals surface area (Å²) in [6.07, 6.45) is 1.96. The lowest BCUT2D eigenvalue weighted by molar-refractivity contribution is -0.117. The number of hydrogen-bond donors (Lipinski definition) is 0. The average Bonchev–Trinajstić information content (AvgIpc) is 3.49. The quantitative estimate of drug-likeness (QED) is 0.325. The first-order chi connectivity index (χ1) is 15.5. The first-order valence-electron chi connectivity index (χ1n) is 10.1. The van der Waals surface area contributed by atoms with Crippen molar-refractivity contribution in [2.45, 2.75) is 18.5 Å². The molecule has 160 valence electrons. The molecule has 0 saturated heterocycles. The van der Waals surface area contributed by atoms with Crippen LogP contribution in [-0.2, 0) is 11.2 Å². The molecule has 1 aliphatic heterocycles. The van der Waals surface area contributed by atoms with Gasteiger partial charge in [-0.1, -0.05) is 30.0 Å². The van der Waals surface area contributed by atoms with Crippen molar-refractivity contribution >= 4 is 29.1 Å². The second kappa shape index (κ2) is 8.12. The monoisotopic (exact) mass is 444 g/mol. The van der Waals surface area contributed by atoms with Gasteiger partial charge in [-0.3, -0.25) is 14.2 Å². The number of hydrogen-bond acceptors (Lipinski definition) is 6. The van der Waals surface area contributed by atoms with Crippen LogP contribution in [0.1, 0.15) is 21.7 Å². The summed E-state index contributed by atoms with van der Waals surface area (Å²) < 4.78 is 7.39. The van der Waals surface area contributed by atoms with Gasteiger partial charge >= 0.3 is 0 Å². The van der Waals surface area contributed by atoms with E-state index >= 15 is 0 Å². The number of anilines is 1. The van der Waals surface area contributed by atoms with Crippen molar-refractivity contribution in [3.8, 4) is 17.1 Å². The molecule has 0 N–H and O–H groups in total. The number of thioether (sulfide) groups is 1. The number of nitrogens with zero attached hydrogens (tertiary/aromatic N) is 4. The third kappa shape index (κ3) is 3.52. The van der Waals surface area contributed by atoms with Gasteiger partial charge in [0.15, 0.2) is 16.8 Å². The van der Waals surface area contributed by atoms with Crippen LogP contribution in [-0.4, -0.2) is 39.3 Å². The molecule has 0 saturated carbocycles. The predicted molar refractivity (Wildman–Crippen MR) is 122 cm³/mol. The van der Waals surface area contributed by atoms with Gasteiger partial charge in [-0.25, -0.2) is 0 Å². The fraction of sp³-hybridized carbons (Fsp3) is 0.167. The van der Waals surface area contributed by atoms with Crippen molar-refractivity contribution in [3.63, 3.8) is 0 Å². The number of ketones is 1. The summed E-state index contributed by atoms with van der Waals surface area (Å²) in [5, 5.41) is 9.37. The van der Waals surface area contributed by atoms with Crippen molar-refractivity contribution < 1.29 is 14.0 Å². The summed E-state index contributed by atoms with van der Waals surface area (Å²) in [6, 6.07) is 17.1. The zero-order valence-corrected chi connectivity index (χ0v) is 18.4. The van der Waals surface area contributed by atoms with Crippen molar-refractivity contribution in [1.29, 1.82) is 0 Å². The molecule has 0 fully saturated rings. The molecule has 1 aliphatic rings. The largest absolute Gasteiger partial charge is 0.469 e. The number of rotatable bonds is 6. The number of aryl methyl sites for hydroxylation is 1. The smallest absolute Gasteiger partial charge is 0.231 e. The maximum absolute atomic E-state index is 12.9. The highest BCUT2D eigenvalue weighted by Crippen LogP contribution is 2.32. The number of carbonyl (C=O) groups is 2. The van der Waals surface area contributed by atoms with Crippen LogP contribution in [0.25, 0.3) is 17.1 Å². The average molecular weight is 445 g/mol. The predicted octanol–water partition coefficient (Wildman–Crippen LogP) is 4.33. The second-order valence-corrected chi connectivity index (χ2v) is 8.49. The summed E-state index contributed by atoms with van der Waals surface area (Å²) >= 11 is 1.34. The van der Waals surface area contributed by atoms with Gasteiger partial charge in [0.2, 0.25) is 5.91 Å². The van der Waals surface area contributed by atoms with E-state index in [9.17, 15) is 9.59 Å². The second-order valence-electron chi connectivity index (χ2n) is 7.55. The maximum Gasteiger partial charge on any atom is 0.231 e. The van der Waals surface area contributed by atoms with Crippen molar-refractivity contribution in [2.24, 2.45) is 0 Å². The molecule has 8 heteroatoms. The van der Waals surface area contributed by atoms with E-state index in [1.807, 2.05) is 60.0 Å². The SMILES string of the molecule is Cc1occc1-c1nnc(SCC(=O)c2ccc3c(c2)CC(=O)N3C)n1-c1ccccc1. The first-order valence-corrected chi connectivity index (χ1v) is 11.1. The van der Waals surface area contributed by atoms with E-state index in [2.05, 4.69) is 10.2 Å². The molecule has 4 aromatic rings. The fourth-order valence-electron chi connectivity index (χ4n) is 3.82. The zero-order valence-electron chi connectivity index (χ0n) is 17.6. The van der Waals surface area contributed by atoms with E-state index in [0.717, 1.165) is 28.3 Å². The van der Waals surface area contributed by atoms with E-state index in [4.69, 9.17) is 4.42 Å². The standard InChI is InChI=1S/C24H20N4O3S/c1-15-19(10-11-31-15)23-25-26-24(28(23)18-6-4-3-5-7-18)32-14-21(29)16-8-9-20-17(12-16)13-22(30)27(20)2/h3-12H,13-14H2,1-2H3. The summed E-state index contributed by atoms with van der Waals surface area (Å²) in [4.78, 5) is 26.5. The molecule has 7 nitrogen and oxygen atoms in total. The van der Waals surface area contributed by atoms with E-state index in [0.29, 0.717) is 23.0 Å². The molecule has 0 bridgehead atoms. The Morgan fingerprint density at radius 1 is 1.12 bits per heavy atom. The fourth-order valence-corrected chi connectivity index (χ4v) is 4.67. The van der Waals surface area contributed by atoms with Crippen LogP contribution in [0.4, 0.5) is 5.69 Å². The topological polar surface area (TPSA) is 81.2 Å². The molecular formula is C24H20N4O3S. The Hall–Kier alpha value is -3.65. The van der Waals surface area contributed by atoms with Gasteiger partial charge in [-0.2, -0.15) is 0 Å². The van der Waals surface area contributed by atoms with Crippen LogP contribution < -0.4 is 4.90 Å². The van der Waals surface area contributed by atoms with Gasteiger partial charge in [0.1, 0.15) is 5.76 Å². The lowest BCUT2D eigenvalue weighted by atomic mass is 10.1. The number of Topliss-reactive ketones (excluding diaryl/α,β-unsaturated/α-hetero) is 1. The molecular weight excluding hydrogens is 424 g/mol. The highest BCUT2D eigenvalue weighted by atomic mass is 32.2. The number of carbonyl (C=O) groups excluding carboxylic acids is 2. The lowest BCUT2D eigenvalue weighted by Crippen LogP contribution is -2.20. The molecule has 5 rings (SSSR count). The van der Waals surface area contributed by atoms with E-state index in [1.54, 1.807) is 24.3 Å². The van der Waals surface area contributed by atoms with Gasteiger partial charge in [0.25, 0.3) is 0 Å². The molecule has 32 heavy (non-hydrogen) atoms. The Kier molecular flexibility index (Phi) is 5.14. The molecule has 0 atom stereocenters. The number of likely N-dealkylation sites (N-methyl/N-ethyl adjacent to an activating group) is 1. The number of benzene rings is 2. The van der Waals surface area contributed by atoms with Crippen LogP contribution in [0, 0.1) is 6.92 Å². The third-order valence-electron chi connectivity index (χ3n) is 5.56. The summed E-state index contributed by atoms with van der Waals surface area (Å²) in [6.45, 7) is 1.88. The number of fused-ring (bicyclic) bond motifs is 1. The van der Waals surface area contributed by atoms with Crippen molar-refractivity contribution in [3.05, 3.63) is 77.7 Å². The van der Waals surface area contributed by atoms with E-state index in [-0.39, 0.29) is 17.4 Å². The molecule has 3 heterocycles. The number of para-hydroxylation sites is 1. The summed E-state index contributed by atoms with van der Waals surface area (Å²) in [5.41, 5.74) is 4.10. The van der Waals surface area contributed by atoms with Gasteiger partial charge in [-0.15, -0.1) is 10.2 Å².